The summed E-state index contributed by atoms with van der Waals surface area (Å²) in [5.41, 5.74) is 1.76. The van der Waals surface area contributed by atoms with Crippen LogP contribution in [0.4, 0.5) is 5.95 Å². The molecule has 0 saturated heterocycles. The second-order valence-electron chi connectivity index (χ2n) is 7.54. The van der Waals surface area contributed by atoms with Gasteiger partial charge < -0.3 is 5.11 Å². The number of anilines is 1. The van der Waals surface area contributed by atoms with Crippen molar-refractivity contribution in [3.63, 3.8) is 0 Å². The van der Waals surface area contributed by atoms with Crippen molar-refractivity contribution in [2.75, 3.05) is 11.9 Å². The van der Waals surface area contributed by atoms with Crippen molar-refractivity contribution >= 4 is 40.3 Å². The zero-order chi connectivity index (χ0) is 23.0. The fourth-order valence-electron chi connectivity index (χ4n) is 3.61. The summed E-state index contributed by atoms with van der Waals surface area (Å²) in [7, 11) is 3.06. The smallest absolute Gasteiger partial charge is 0.357 e. The minimum Gasteiger partial charge on any atom is -0.508 e. The molecule has 0 unspecified atom stereocenters. The van der Waals surface area contributed by atoms with E-state index in [-0.39, 0.29) is 5.75 Å². The van der Waals surface area contributed by atoms with Crippen molar-refractivity contribution in [2.45, 2.75) is 13.0 Å². The first-order chi connectivity index (χ1) is 15.3. The second kappa shape index (κ2) is 8.72. The summed E-state index contributed by atoms with van der Waals surface area (Å²) >= 11 is 12.4. The Kier molecular flexibility index (Phi) is 5.99. The number of aryl methyl sites for hydroxylation is 1. The van der Waals surface area contributed by atoms with Crippen molar-refractivity contribution in [1.29, 1.82) is 0 Å². The Morgan fingerprint density at radius 1 is 1.06 bits per heavy atom. The van der Waals surface area contributed by atoms with Gasteiger partial charge in [0, 0.05) is 36.1 Å². The van der Waals surface area contributed by atoms with Crippen LogP contribution in [0.15, 0.2) is 52.1 Å². The minimum atomic E-state index is -0.420. The molecule has 2 heterocycles. The molecule has 10 heteroatoms. The molecule has 166 valence electrons. The third kappa shape index (κ3) is 4.11. The fourth-order valence-corrected chi connectivity index (χ4v) is 4.08. The normalized spacial score (nSPS) is 11.2. The van der Waals surface area contributed by atoms with Gasteiger partial charge in [0.25, 0.3) is 5.56 Å². The van der Waals surface area contributed by atoms with Gasteiger partial charge in [0.15, 0.2) is 0 Å². The zero-order valence-corrected chi connectivity index (χ0v) is 19.0. The lowest BCUT2D eigenvalue weighted by atomic mass is 10.1. The topological polar surface area (TPSA) is 95.9 Å². The molecule has 0 aliphatic carbocycles. The van der Waals surface area contributed by atoms with E-state index < -0.39 is 11.2 Å². The minimum absolute atomic E-state index is 0.215. The highest BCUT2D eigenvalue weighted by Gasteiger charge is 2.25. The molecule has 4 rings (SSSR count). The van der Waals surface area contributed by atoms with Crippen molar-refractivity contribution < 1.29 is 9.67 Å². The van der Waals surface area contributed by atoms with Gasteiger partial charge in [-0.15, -0.1) is 0 Å². The Morgan fingerprint density at radius 2 is 1.78 bits per heavy atom. The number of rotatable bonds is 6. The number of fused-ring (bicyclic) bond motifs is 1. The molecule has 2 aromatic heterocycles. The molecule has 0 saturated carbocycles. The largest absolute Gasteiger partial charge is 0.508 e. The molecule has 0 radical (unpaired) electrons. The lowest BCUT2D eigenvalue weighted by Crippen LogP contribution is -2.45. The van der Waals surface area contributed by atoms with E-state index >= 15 is 0 Å². The maximum absolute atomic E-state index is 13.0. The van der Waals surface area contributed by atoms with Crippen LogP contribution in [0.3, 0.4) is 0 Å². The number of phenols is 1. The number of benzene rings is 2. The molecule has 0 fully saturated rings. The second-order valence-corrected chi connectivity index (χ2v) is 8.39. The quantitative estimate of drug-likeness (QED) is 0.374. The summed E-state index contributed by atoms with van der Waals surface area (Å²) in [6, 6.07) is 12.2. The number of imidazole rings is 1. The van der Waals surface area contributed by atoms with E-state index in [9.17, 15) is 14.7 Å². The predicted octanol–water partition coefficient (Wildman–Crippen LogP) is 2.57. The molecule has 0 aliphatic heterocycles. The van der Waals surface area contributed by atoms with Crippen LogP contribution in [0, 0.1) is 0 Å². The molecule has 0 amide bonds. The van der Waals surface area contributed by atoms with Crippen LogP contribution in [0.25, 0.3) is 11.2 Å². The van der Waals surface area contributed by atoms with Crippen molar-refractivity contribution in [3.05, 3.63) is 84.5 Å². The number of phenolic OH excluding ortho intramolecular Hbond substituents is 1. The number of aromatic hydroxyl groups is 1. The van der Waals surface area contributed by atoms with E-state index in [1.165, 1.54) is 11.6 Å². The van der Waals surface area contributed by atoms with Gasteiger partial charge in [0.2, 0.25) is 11.2 Å². The van der Waals surface area contributed by atoms with E-state index in [0.29, 0.717) is 46.7 Å². The number of nitrogens with zero attached hydrogens (tertiary/aromatic N) is 3. The standard InChI is InChI=1S/C22H21Cl2N5O3/c1-27-19-18(20(31)28(2)22(27)32)29(12-14-5-6-15(23)11-17(14)24)21(26-19)25-10-9-13-3-7-16(30)8-4-13/h3-8,11H,9-10,12H2,1-2H3,(H2,25,26,30,31)/p+1. The molecule has 32 heavy (non-hydrogen) atoms. The SMILES string of the molecule is Cn1c(=O)c2c([nH]c(NCCc3ccc(O)cc3)[n+]2Cc2ccc(Cl)cc2Cl)n(C)c1=O. The Hall–Kier alpha value is -3.23. The van der Waals surface area contributed by atoms with Gasteiger partial charge in [-0.05, 0) is 29.8 Å². The highest BCUT2D eigenvalue weighted by Crippen LogP contribution is 2.21. The number of aromatic amines is 1. The lowest BCUT2D eigenvalue weighted by molar-refractivity contribution is -0.648. The van der Waals surface area contributed by atoms with Crippen LogP contribution in [-0.2, 0) is 27.1 Å². The van der Waals surface area contributed by atoms with Crippen LogP contribution >= 0.6 is 23.2 Å². The summed E-state index contributed by atoms with van der Waals surface area (Å²) in [4.78, 5) is 28.6. The third-order valence-electron chi connectivity index (χ3n) is 5.40. The van der Waals surface area contributed by atoms with E-state index in [1.54, 1.807) is 35.9 Å². The Labute approximate surface area is 193 Å². The maximum atomic E-state index is 13.0. The number of hydrogen-bond donors (Lipinski definition) is 3. The average molecular weight is 475 g/mol. The molecular weight excluding hydrogens is 453 g/mol. The predicted molar refractivity (Wildman–Crippen MR) is 125 cm³/mol. The molecule has 2 aromatic carbocycles. The Morgan fingerprint density at radius 3 is 2.47 bits per heavy atom. The first kappa shape index (κ1) is 22.0. The molecule has 8 nitrogen and oxygen atoms in total. The van der Waals surface area contributed by atoms with Gasteiger partial charge in [-0.1, -0.05) is 41.4 Å². The van der Waals surface area contributed by atoms with Gasteiger partial charge in [-0.3, -0.25) is 19.2 Å². The summed E-state index contributed by atoms with van der Waals surface area (Å²) in [6.07, 6.45) is 0.689. The molecule has 0 bridgehead atoms. The first-order valence-electron chi connectivity index (χ1n) is 9.93. The summed E-state index contributed by atoms with van der Waals surface area (Å²) < 4.78 is 4.27. The zero-order valence-electron chi connectivity index (χ0n) is 17.5. The molecule has 0 atom stereocenters. The number of H-pyrrole nitrogens is 1. The van der Waals surface area contributed by atoms with E-state index in [0.717, 1.165) is 15.7 Å². The maximum Gasteiger partial charge on any atom is 0.357 e. The van der Waals surface area contributed by atoms with Crippen LogP contribution < -0.4 is 21.1 Å². The monoisotopic (exact) mass is 474 g/mol. The number of aromatic nitrogens is 4. The lowest BCUT2D eigenvalue weighted by Gasteiger charge is -2.07. The molecular formula is C22H22Cl2N5O3+. The Balaban J connectivity index is 1.76. The van der Waals surface area contributed by atoms with E-state index in [1.807, 2.05) is 18.2 Å². The fraction of sp³-hybridized carbons (Fsp3) is 0.227. The summed E-state index contributed by atoms with van der Waals surface area (Å²) in [5, 5.41) is 13.8. The number of halogens is 2. The first-order valence-corrected chi connectivity index (χ1v) is 10.7. The van der Waals surface area contributed by atoms with Gasteiger partial charge in [0.1, 0.15) is 5.75 Å². The summed E-state index contributed by atoms with van der Waals surface area (Å²) in [6.45, 7) is 0.852. The van der Waals surface area contributed by atoms with Gasteiger partial charge >= 0.3 is 11.6 Å². The highest BCUT2D eigenvalue weighted by atomic mass is 35.5. The van der Waals surface area contributed by atoms with Crippen molar-refractivity contribution in [2.24, 2.45) is 14.1 Å². The van der Waals surface area contributed by atoms with E-state index in [4.69, 9.17) is 23.2 Å². The van der Waals surface area contributed by atoms with Crippen molar-refractivity contribution in [1.82, 2.24) is 14.1 Å². The Bertz CT molecular complexity index is 1420. The van der Waals surface area contributed by atoms with Crippen LogP contribution in [0.2, 0.25) is 10.0 Å². The highest BCUT2D eigenvalue weighted by molar-refractivity contribution is 6.35. The van der Waals surface area contributed by atoms with Crippen LogP contribution in [0.1, 0.15) is 11.1 Å². The van der Waals surface area contributed by atoms with E-state index in [2.05, 4.69) is 10.3 Å². The number of nitrogens with one attached hydrogen (secondary N) is 2. The summed E-state index contributed by atoms with van der Waals surface area (Å²) in [5.74, 6) is 0.787. The molecule has 0 aliphatic rings. The number of hydrogen-bond acceptors (Lipinski definition) is 4. The van der Waals surface area contributed by atoms with Crippen molar-refractivity contribution in [3.8, 4) is 5.75 Å². The van der Waals surface area contributed by atoms with Crippen LogP contribution in [0.5, 0.6) is 5.75 Å². The molecule has 0 spiro atoms. The molecule has 3 N–H and O–H groups in total. The van der Waals surface area contributed by atoms with Gasteiger partial charge in [-0.25, -0.2) is 14.3 Å². The molecule has 4 aromatic rings. The third-order valence-corrected chi connectivity index (χ3v) is 5.99. The van der Waals surface area contributed by atoms with Gasteiger partial charge in [-0.2, -0.15) is 0 Å². The van der Waals surface area contributed by atoms with Gasteiger partial charge in [0.05, 0.1) is 13.1 Å². The van der Waals surface area contributed by atoms with Crippen LogP contribution in [-0.4, -0.2) is 25.8 Å². The average Bonchev–Trinajstić information content (AvgIpc) is 3.12.